The third-order valence-electron chi connectivity index (χ3n) is 1.84. The zero-order chi connectivity index (χ0) is 11.4. The Hall–Kier alpha value is -1.22. The molecular formula is C9H8BrF2N3. The van der Waals surface area contributed by atoms with E-state index in [1.807, 2.05) is 6.07 Å². The lowest BCUT2D eigenvalue weighted by Gasteiger charge is -2.09. The van der Waals surface area contributed by atoms with Gasteiger partial charge in [0.15, 0.2) is 0 Å². The van der Waals surface area contributed by atoms with Gasteiger partial charge in [0.2, 0.25) is 0 Å². The maximum atomic E-state index is 12.6. The monoisotopic (exact) mass is 275 g/mol. The maximum Gasteiger partial charge on any atom is 0.265 e. The van der Waals surface area contributed by atoms with E-state index in [4.69, 9.17) is 11.0 Å². The number of anilines is 1. The predicted octanol–water partition coefficient (Wildman–Crippen LogP) is 2.56. The summed E-state index contributed by atoms with van der Waals surface area (Å²) in [6.45, 7) is 0. The van der Waals surface area contributed by atoms with Crippen molar-refractivity contribution in [2.45, 2.75) is 18.2 Å². The summed E-state index contributed by atoms with van der Waals surface area (Å²) in [7, 11) is 0. The number of aromatic nitrogens is 1. The van der Waals surface area contributed by atoms with Gasteiger partial charge in [-0.25, -0.2) is 8.78 Å². The molecule has 1 aromatic heterocycles. The highest BCUT2D eigenvalue weighted by Gasteiger charge is 2.16. The molecular weight excluding hydrogens is 268 g/mol. The van der Waals surface area contributed by atoms with Crippen LogP contribution in [0.2, 0.25) is 0 Å². The first-order chi connectivity index (χ1) is 7.10. The molecule has 3 nitrogen and oxygen atoms in total. The fraction of sp³-hybridized carbons (Fsp3) is 0.333. The summed E-state index contributed by atoms with van der Waals surface area (Å²) in [4.78, 5) is 4.00. The smallest absolute Gasteiger partial charge is 0.265 e. The average molecular weight is 276 g/mol. The van der Waals surface area contributed by atoms with E-state index in [-0.39, 0.29) is 23.4 Å². The number of nitrogens with zero attached hydrogens (tertiary/aromatic N) is 2. The Labute approximate surface area is 94.0 Å². The topological polar surface area (TPSA) is 62.7 Å². The van der Waals surface area contributed by atoms with E-state index in [0.29, 0.717) is 11.0 Å². The highest BCUT2D eigenvalue weighted by atomic mass is 79.9. The fourth-order valence-electron chi connectivity index (χ4n) is 1.15. The van der Waals surface area contributed by atoms with Crippen LogP contribution in [0.3, 0.4) is 0 Å². The van der Waals surface area contributed by atoms with Crippen molar-refractivity contribution < 1.29 is 8.78 Å². The van der Waals surface area contributed by atoms with Crippen LogP contribution >= 0.6 is 15.9 Å². The third-order valence-corrected chi connectivity index (χ3v) is 2.42. The maximum absolute atomic E-state index is 12.6. The predicted molar refractivity (Wildman–Crippen MR) is 55.6 cm³/mol. The molecule has 15 heavy (non-hydrogen) atoms. The number of pyridine rings is 1. The molecule has 80 valence electrons. The Balaban J connectivity index is 3.28. The van der Waals surface area contributed by atoms with Crippen LogP contribution in [0, 0.1) is 11.3 Å². The van der Waals surface area contributed by atoms with E-state index >= 15 is 0 Å². The molecule has 0 radical (unpaired) electrons. The van der Waals surface area contributed by atoms with Gasteiger partial charge in [0.05, 0.1) is 29.6 Å². The fourth-order valence-corrected chi connectivity index (χ4v) is 1.44. The van der Waals surface area contributed by atoms with Gasteiger partial charge in [0, 0.05) is 10.9 Å². The molecule has 1 heterocycles. The van der Waals surface area contributed by atoms with Gasteiger partial charge in [-0.2, -0.15) is 5.26 Å². The van der Waals surface area contributed by atoms with Crippen molar-refractivity contribution in [3.05, 3.63) is 23.0 Å². The van der Waals surface area contributed by atoms with Crippen molar-refractivity contribution in [2.24, 2.45) is 0 Å². The van der Waals surface area contributed by atoms with E-state index in [1.54, 1.807) is 0 Å². The molecule has 1 aromatic rings. The van der Waals surface area contributed by atoms with Gasteiger partial charge >= 0.3 is 0 Å². The van der Waals surface area contributed by atoms with Crippen LogP contribution in [-0.4, -0.2) is 4.98 Å². The molecule has 0 aromatic carbocycles. The number of rotatable bonds is 3. The summed E-state index contributed by atoms with van der Waals surface area (Å²) < 4.78 is 25.1. The Morgan fingerprint density at radius 1 is 1.60 bits per heavy atom. The van der Waals surface area contributed by atoms with Gasteiger partial charge in [0.25, 0.3) is 6.43 Å². The van der Waals surface area contributed by atoms with E-state index < -0.39 is 6.43 Å². The molecule has 0 aliphatic carbocycles. The Morgan fingerprint density at radius 3 is 2.73 bits per heavy atom. The lowest BCUT2D eigenvalue weighted by Crippen LogP contribution is -2.05. The molecule has 0 atom stereocenters. The summed E-state index contributed by atoms with van der Waals surface area (Å²) >= 11 is 3.12. The minimum atomic E-state index is -2.65. The van der Waals surface area contributed by atoms with Crippen LogP contribution in [0.4, 0.5) is 14.5 Å². The third kappa shape index (κ3) is 2.63. The van der Waals surface area contributed by atoms with E-state index in [1.165, 1.54) is 6.07 Å². The molecule has 0 spiro atoms. The standard InChI is InChI=1S/C9H8BrF2N3/c10-4-5-3-6(9(11)12)8(14)7(15-5)1-2-13/h3,9H,1,4,14H2. The van der Waals surface area contributed by atoms with Gasteiger partial charge in [-0.1, -0.05) is 15.9 Å². The summed E-state index contributed by atoms with van der Waals surface area (Å²) in [6, 6.07) is 3.09. The zero-order valence-electron chi connectivity index (χ0n) is 7.67. The summed E-state index contributed by atoms with van der Waals surface area (Å²) in [5.74, 6) is 0. The lowest BCUT2D eigenvalue weighted by molar-refractivity contribution is 0.152. The van der Waals surface area contributed by atoms with Crippen molar-refractivity contribution in [2.75, 3.05) is 5.73 Å². The van der Waals surface area contributed by atoms with Crippen LogP contribution in [0.15, 0.2) is 6.07 Å². The van der Waals surface area contributed by atoms with Gasteiger partial charge < -0.3 is 5.73 Å². The molecule has 0 unspecified atom stereocenters. The number of nitrogens with two attached hydrogens (primary N) is 1. The number of nitrogen functional groups attached to an aromatic ring is 1. The molecule has 0 aliphatic heterocycles. The Kier molecular flexibility index (Phi) is 3.97. The van der Waals surface area contributed by atoms with Crippen molar-refractivity contribution >= 4 is 21.6 Å². The molecule has 0 amide bonds. The summed E-state index contributed by atoms with van der Waals surface area (Å²) in [6.07, 6.45) is -2.71. The number of alkyl halides is 3. The van der Waals surface area contributed by atoms with Crippen molar-refractivity contribution in [1.82, 2.24) is 4.98 Å². The van der Waals surface area contributed by atoms with Crippen molar-refractivity contribution in [3.8, 4) is 6.07 Å². The molecule has 0 saturated carbocycles. The molecule has 0 saturated heterocycles. The largest absolute Gasteiger partial charge is 0.397 e. The highest BCUT2D eigenvalue weighted by Crippen LogP contribution is 2.28. The Bertz CT molecular complexity index is 401. The number of nitriles is 1. The first-order valence-electron chi connectivity index (χ1n) is 4.09. The quantitative estimate of drug-likeness (QED) is 0.863. The van der Waals surface area contributed by atoms with Gasteiger partial charge in [-0.05, 0) is 6.07 Å². The van der Waals surface area contributed by atoms with Crippen LogP contribution in [0.5, 0.6) is 0 Å². The zero-order valence-corrected chi connectivity index (χ0v) is 9.26. The SMILES string of the molecule is N#CCc1nc(CBr)cc(C(F)F)c1N. The summed E-state index contributed by atoms with van der Waals surface area (Å²) in [5.41, 5.74) is 5.80. The molecule has 0 aliphatic rings. The van der Waals surface area contributed by atoms with Crippen LogP contribution in [-0.2, 0) is 11.8 Å². The number of hydrogen-bond donors (Lipinski definition) is 1. The van der Waals surface area contributed by atoms with Gasteiger partial charge in [-0.15, -0.1) is 0 Å². The average Bonchev–Trinajstić information content (AvgIpc) is 2.21. The van der Waals surface area contributed by atoms with Crippen LogP contribution in [0.25, 0.3) is 0 Å². The second-order valence-electron chi connectivity index (χ2n) is 2.83. The molecule has 0 fully saturated rings. The number of halogens is 3. The Morgan fingerprint density at radius 2 is 2.27 bits per heavy atom. The highest BCUT2D eigenvalue weighted by molar-refractivity contribution is 9.08. The first kappa shape index (κ1) is 11.9. The second-order valence-corrected chi connectivity index (χ2v) is 3.39. The second kappa shape index (κ2) is 5.03. The van der Waals surface area contributed by atoms with Gasteiger partial charge in [0.1, 0.15) is 0 Å². The van der Waals surface area contributed by atoms with Crippen molar-refractivity contribution in [1.29, 1.82) is 5.26 Å². The number of hydrogen-bond acceptors (Lipinski definition) is 3. The van der Waals surface area contributed by atoms with E-state index in [0.717, 1.165) is 0 Å². The van der Waals surface area contributed by atoms with E-state index in [2.05, 4.69) is 20.9 Å². The van der Waals surface area contributed by atoms with Crippen LogP contribution < -0.4 is 5.73 Å². The lowest BCUT2D eigenvalue weighted by atomic mass is 10.1. The minimum absolute atomic E-state index is 0.0631. The van der Waals surface area contributed by atoms with Crippen LogP contribution in [0.1, 0.15) is 23.4 Å². The molecule has 1 rings (SSSR count). The van der Waals surface area contributed by atoms with E-state index in [9.17, 15) is 8.78 Å². The minimum Gasteiger partial charge on any atom is -0.397 e. The first-order valence-corrected chi connectivity index (χ1v) is 5.21. The molecule has 2 N–H and O–H groups in total. The summed E-state index contributed by atoms with van der Waals surface area (Å²) in [5, 5.41) is 8.85. The van der Waals surface area contributed by atoms with Crippen molar-refractivity contribution in [3.63, 3.8) is 0 Å². The normalized spacial score (nSPS) is 10.3. The molecule has 6 heteroatoms. The van der Waals surface area contributed by atoms with Gasteiger partial charge in [-0.3, -0.25) is 4.98 Å². The molecule has 0 bridgehead atoms.